The van der Waals surface area contributed by atoms with Crippen LogP contribution in [0.2, 0.25) is 0 Å². The number of benzene rings is 2. The number of amides is 1. The van der Waals surface area contributed by atoms with Crippen LogP contribution in [-0.2, 0) is 6.54 Å². The van der Waals surface area contributed by atoms with Crippen LogP contribution < -0.4 is 15.8 Å². The fourth-order valence-electron chi connectivity index (χ4n) is 3.34. The first-order chi connectivity index (χ1) is 14.1. The standard InChI is InChI=1S/C22H23N5O2/c1-3-12-24-22(28)18-19-21(26-17-7-5-4-6-16(17)25-19)27(20(18)23)13-14-8-10-15(29-2)11-9-14/h4-11H,3,12-13,23H2,1-2H3,(H,24,28). The number of carbonyl (C=O) groups is 1. The van der Waals surface area contributed by atoms with Gasteiger partial charge in [0.1, 0.15) is 22.6 Å². The summed E-state index contributed by atoms with van der Waals surface area (Å²) in [7, 11) is 1.63. The second-order valence-electron chi connectivity index (χ2n) is 6.83. The molecule has 2 aromatic carbocycles. The number of para-hydroxylation sites is 2. The van der Waals surface area contributed by atoms with Gasteiger partial charge in [-0.15, -0.1) is 0 Å². The lowest BCUT2D eigenvalue weighted by molar-refractivity contribution is 0.0956. The quantitative estimate of drug-likeness (QED) is 0.527. The summed E-state index contributed by atoms with van der Waals surface area (Å²) in [6.45, 7) is 3.05. The van der Waals surface area contributed by atoms with Gasteiger partial charge in [-0.05, 0) is 36.2 Å². The Morgan fingerprint density at radius 3 is 2.45 bits per heavy atom. The summed E-state index contributed by atoms with van der Waals surface area (Å²) >= 11 is 0. The first-order valence-electron chi connectivity index (χ1n) is 9.58. The number of nitrogens with one attached hydrogen (secondary N) is 1. The molecule has 0 saturated carbocycles. The second kappa shape index (κ2) is 7.79. The van der Waals surface area contributed by atoms with Crippen LogP contribution in [0.25, 0.3) is 22.2 Å². The van der Waals surface area contributed by atoms with Crippen molar-refractivity contribution >= 4 is 33.9 Å². The number of nitrogens with zero attached hydrogens (tertiary/aromatic N) is 3. The van der Waals surface area contributed by atoms with E-state index in [0.717, 1.165) is 28.8 Å². The van der Waals surface area contributed by atoms with E-state index < -0.39 is 0 Å². The van der Waals surface area contributed by atoms with Gasteiger partial charge in [0.05, 0.1) is 24.7 Å². The zero-order valence-corrected chi connectivity index (χ0v) is 16.5. The van der Waals surface area contributed by atoms with Crippen LogP contribution in [0, 0.1) is 0 Å². The molecule has 0 aliphatic heterocycles. The number of anilines is 1. The molecule has 0 fully saturated rings. The lowest BCUT2D eigenvalue weighted by Crippen LogP contribution is -2.25. The normalized spacial score (nSPS) is 11.1. The third-order valence-electron chi connectivity index (χ3n) is 4.85. The Hall–Kier alpha value is -3.61. The van der Waals surface area contributed by atoms with Crippen LogP contribution in [0.3, 0.4) is 0 Å². The summed E-state index contributed by atoms with van der Waals surface area (Å²) in [5.74, 6) is 0.914. The molecule has 0 aliphatic rings. The van der Waals surface area contributed by atoms with Crippen molar-refractivity contribution in [3.05, 3.63) is 59.7 Å². The van der Waals surface area contributed by atoms with E-state index in [4.69, 9.17) is 20.4 Å². The van der Waals surface area contributed by atoms with Crippen LogP contribution in [0.1, 0.15) is 29.3 Å². The average Bonchev–Trinajstić information content (AvgIpc) is 3.01. The van der Waals surface area contributed by atoms with Gasteiger partial charge in [-0.2, -0.15) is 0 Å². The van der Waals surface area contributed by atoms with Gasteiger partial charge in [0.15, 0.2) is 5.65 Å². The van der Waals surface area contributed by atoms with Crippen molar-refractivity contribution < 1.29 is 9.53 Å². The van der Waals surface area contributed by atoms with Gasteiger partial charge in [0, 0.05) is 6.54 Å². The molecule has 7 heteroatoms. The summed E-state index contributed by atoms with van der Waals surface area (Å²) in [4.78, 5) is 22.3. The van der Waals surface area contributed by atoms with Crippen LogP contribution in [0.15, 0.2) is 48.5 Å². The van der Waals surface area contributed by atoms with Gasteiger partial charge in [0.2, 0.25) is 0 Å². The van der Waals surface area contributed by atoms with E-state index in [-0.39, 0.29) is 5.91 Å². The highest BCUT2D eigenvalue weighted by Crippen LogP contribution is 2.29. The monoisotopic (exact) mass is 389 g/mol. The SMILES string of the molecule is CCCNC(=O)c1c(N)n(Cc2ccc(OC)cc2)c2nc3ccccc3nc12. The van der Waals surface area contributed by atoms with Crippen molar-refractivity contribution in [2.45, 2.75) is 19.9 Å². The van der Waals surface area contributed by atoms with E-state index in [0.29, 0.717) is 35.6 Å². The zero-order valence-electron chi connectivity index (χ0n) is 16.5. The van der Waals surface area contributed by atoms with Gasteiger partial charge < -0.3 is 20.4 Å². The smallest absolute Gasteiger partial charge is 0.257 e. The number of carbonyl (C=O) groups excluding carboxylic acids is 1. The molecule has 0 radical (unpaired) electrons. The number of rotatable bonds is 6. The minimum Gasteiger partial charge on any atom is -0.497 e. The molecule has 0 saturated heterocycles. The molecule has 4 rings (SSSR count). The average molecular weight is 389 g/mol. The van der Waals surface area contributed by atoms with E-state index >= 15 is 0 Å². The molecular weight excluding hydrogens is 366 g/mol. The van der Waals surface area contributed by atoms with E-state index in [1.54, 1.807) is 7.11 Å². The Bertz CT molecular complexity index is 1180. The topological polar surface area (TPSA) is 95.1 Å². The Kier molecular flexibility index (Phi) is 5.03. The van der Waals surface area contributed by atoms with Crippen molar-refractivity contribution in [3.63, 3.8) is 0 Å². The molecule has 3 N–H and O–H groups in total. The molecule has 1 amide bonds. The fourth-order valence-corrected chi connectivity index (χ4v) is 3.34. The number of hydrogen-bond acceptors (Lipinski definition) is 5. The zero-order chi connectivity index (χ0) is 20.4. The maximum absolute atomic E-state index is 12.8. The number of aromatic nitrogens is 3. The lowest BCUT2D eigenvalue weighted by atomic mass is 10.2. The van der Waals surface area contributed by atoms with Gasteiger partial charge in [-0.3, -0.25) is 4.79 Å². The minimum absolute atomic E-state index is 0.229. The molecule has 0 bridgehead atoms. The van der Waals surface area contributed by atoms with Gasteiger partial charge in [-0.1, -0.05) is 31.2 Å². The van der Waals surface area contributed by atoms with Gasteiger partial charge in [-0.25, -0.2) is 9.97 Å². The highest BCUT2D eigenvalue weighted by atomic mass is 16.5. The van der Waals surface area contributed by atoms with Crippen LogP contribution in [0.4, 0.5) is 5.82 Å². The largest absolute Gasteiger partial charge is 0.497 e. The number of hydrogen-bond donors (Lipinski definition) is 2. The third kappa shape index (κ3) is 3.47. The van der Waals surface area contributed by atoms with E-state index in [9.17, 15) is 4.79 Å². The number of nitrogens with two attached hydrogens (primary N) is 1. The Balaban J connectivity index is 1.88. The molecule has 2 aromatic heterocycles. The predicted octanol–water partition coefficient (Wildman–Crippen LogP) is 3.36. The van der Waals surface area contributed by atoms with E-state index in [1.165, 1.54) is 0 Å². The van der Waals surface area contributed by atoms with E-state index in [2.05, 4.69) is 5.32 Å². The van der Waals surface area contributed by atoms with Crippen molar-refractivity contribution in [1.82, 2.24) is 19.9 Å². The molecule has 0 spiro atoms. The van der Waals surface area contributed by atoms with E-state index in [1.807, 2.05) is 60.0 Å². The number of methoxy groups -OCH3 is 1. The second-order valence-corrected chi connectivity index (χ2v) is 6.83. The minimum atomic E-state index is -0.229. The molecule has 2 heterocycles. The molecule has 0 aliphatic carbocycles. The summed E-state index contributed by atoms with van der Waals surface area (Å²) in [5, 5.41) is 2.91. The summed E-state index contributed by atoms with van der Waals surface area (Å²) in [6.07, 6.45) is 0.838. The van der Waals surface area contributed by atoms with Crippen molar-refractivity contribution in [2.24, 2.45) is 0 Å². The Morgan fingerprint density at radius 2 is 1.79 bits per heavy atom. The van der Waals surface area contributed by atoms with Crippen LogP contribution in [-0.4, -0.2) is 34.1 Å². The molecule has 0 unspecified atom stereocenters. The first kappa shape index (κ1) is 18.7. The summed E-state index contributed by atoms with van der Waals surface area (Å²) in [6, 6.07) is 15.3. The Morgan fingerprint density at radius 1 is 1.10 bits per heavy atom. The molecule has 148 valence electrons. The van der Waals surface area contributed by atoms with Crippen molar-refractivity contribution in [1.29, 1.82) is 0 Å². The van der Waals surface area contributed by atoms with Crippen molar-refractivity contribution in [3.8, 4) is 5.75 Å². The highest BCUT2D eigenvalue weighted by Gasteiger charge is 2.23. The molecular formula is C22H23N5O2. The molecule has 7 nitrogen and oxygen atoms in total. The fraction of sp³-hybridized carbons (Fsp3) is 0.227. The van der Waals surface area contributed by atoms with Gasteiger partial charge in [0.25, 0.3) is 5.91 Å². The Labute approximate surface area is 168 Å². The van der Waals surface area contributed by atoms with Gasteiger partial charge >= 0.3 is 0 Å². The third-order valence-corrected chi connectivity index (χ3v) is 4.85. The highest BCUT2D eigenvalue weighted by molar-refractivity contribution is 6.10. The lowest BCUT2D eigenvalue weighted by Gasteiger charge is -2.09. The van der Waals surface area contributed by atoms with Crippen LogP contribution >= 0.6 is 0 Å². The number of ether oxygens (including phenoxy) is 1. The molecule has 4 aromatic rings. The maximum atomic E-state index is 12.8. The maximum Gasteiger partial charge on any atom is 0.257 e. The van der Waals surface area contributed by atoms with Crippen LogP contribution in [0.5, 0.6) is 5.75 Å². The molecule has 0 atom stereocenters. The summed E-state index contributed by atoms with van der Waals surface area (Å²) < 4.78 is 7.07. The van der Waals surface area contributed by atoms with Crippen molar-refractivity contribution in [2.75, 3.05) is 19.4 Å². The predicted molar refractivity (Wildman–Crippen MR) is 114 cm³/mol. The first-order valence-corrected chi connectivity index (χ1v) is 9.58. The number of nitrogen functional groups attached to an aromatic ring is 1. The number of fused-ring (bicyclic) bond motifs is 2. The molecule has 29 heavy (non-hydrogen) atoms. The summed E-state index contributed by atoms with van der Waals surface area (Å²) in [5.41, 5.74) is 10.4.